The van der Waals surface area contributed by atoms with E-state index in [2.05, 4.69) is 5.32 Å². The first-order valence-electron chi connectivity index (χ1n) is 10.1. The number of hydrogen-bond acceptors (Lipinski definition) is 4. The summed E-state index contributed by atoms with van der Waals surface area (Å²) >= 11 is 18.3. The smallest absolute Gasteiger partial charge is 0.335 e. The molecule has 174 valence electrons. The van der Waals surface area contributed by atoms with Crippen LogP contribution in [0.1, 0.15) is 11.3 Å². The second-order valence-electron chi connectivity index (χ2n) is 7.44. The number of nitrogens with one attached hydrogen (secondary N) is 1. The number of aryl methyl sites for hydroxylation is 1. The lowest BCUT2D eigenvalue weighted by Crippen LogP contribution is -2.54. The van der Waals surface area contributed by atoms with Gasteiger partial charge in [-0.3, -0.25) is 14.9 Å². The van der Waals surface area contributed by atoms with Crippen molar-refractivity contribution < 1.29 is 19.1 Å². The summed E-state index contributed by atoms with van der Waals surface area (Å²) in [6.45, 7) is 2.47. The minimum Gasteiger partial charge on any atom is -0.490 e. The molecule has 1 N–H and O–H groups in total. The van der Waals surface area contributed by atoms with Gasteiger partial charge in [-0.1, -0.05) is 40.9 Å². The molecule has 0 atom stereocenters. The second kappa shape index (κ2) is 9.93. The molecule has 0 unspecified atom stereocenters. The van der Waals surface area contributed by atoms with E-state index < -0.39 is 17.8 Å². The molecular weight excluding hydrogens is 501 g/mol. The predicted molar refractivity (Wildman–Crippen MR) is 132 cm³/mol. The van der Waals surface area contributed by atoms with Crippen molar-refractivity contribution in [1.29, 1.82) is 0 Å². The summed E-state index contributed by atoms with van der Waals surface area (Å²) < 4.78 is 7.52. The summed E-state index contributed by atoms with van der Waals surface area (Å²) in [4.78, 5) is 38.9. The van der Waals surface area contributed by atoms with Crippen molar-refractivity contribution in [3.63, 3.8) is 0 Å². The van der Waals surface area contributed by atoms with Crippen molar-refractivity contribution in [1.82, 2.24) is 9.88 Å². The molecule has 0 radical (unpaired) electrons. The van der Waals surface area contributed by atoms with Crippen molar-refractivity contribution in [3.8, 4) is 5.75 Å². The average molecular weight is 519 g/mol. The Bertz CT molecular complexity index is 1330. The Labute approximate surface area is 210 Å². The zero-order valence-electron chi connectivity index (χ0n) is 17.8. The van der Waals surface area contributed by atoms with E-state index in [9.17, 15) is 14.4 Å². The number of halogens is 3. The first-order valence-corrected chi connectivity index (χ1v) is 11.3. The molecule has 2 heterocycles. The summed E-state index contributed by atoms with van der Waals surface area (Å²) in [6, 6.07) is 12.4. The third-order valence-corrected chi connectivity index (χ3v) is 6.11. The van der Waals surface area contributed by atoms with Crippen LogP contribution in [0, 0.1) is 6.92 Å². The molecule has 34 heavy (non-hydrogen) atoms. The number of amides is 4. The highest BCUT2D eigenvalue weighted by Gasteiger charge is 2.37. The van der Waals surface area contributed by atoms with E-state index in [1.165, 1.54) is 12.1 Å². The van der Waals surface area contributed by atoms with E-state index in [-0.39, 0.29) is 17.9 Å². The largest absolute Gasteiger partial charge is 0.490 e. The number of barbiturate groups is 1. The molecule has 0 spiro atoms. The third-order valence-electron chi connectivity index (χ3n) is 5.16. The van der Waals surface area contributed by atoms with E-state index in [1.54, 1.807) is 60.2 Å². The molecule has 4 rings (SSSR count). The fourth-order valence-electron chi connectivity index (χ4n) is 3.36. The van der Waals surface area contributed by atoms with E-state index >= 15 is 0 Å². The zero-order chi connectivity index (χ0) is 24.4. The van der Waals surface area contributed by atoms with E-state index in [0.717, 1.165) is 10.5 Å². The maximum absolute atomic E-state index is 13.1. The predicted octanol–water partition coefficient (Wildman–Crippen LogP) is 5.50. The average Bonchev–Trinajstić information content (AvgIpc) is 3.23. The Morgan fingerprint density at radius 2 is 1.79 bits per heavy atom. The number of carbonyl (C=O) groups excluding carboxylic acids is 3. The van der Waals surface area contributed by atoms with Crippen LogP contribution in [-0.4, -0.2) is 29.0 Å². The van der Waals surface area contributed by atoms with Crippen molar-refractivity contribution >= 4 is 64.4 Å². The number of aromatic nitrogens is 1. The number of hydrogen-bond donors (Lipinski definition) is 1. The lowest BCUT2D eigenvalue weighted by Gasteiger charge is -2.26. The number of benzene rings is 2. The van der Waals surface area contributed by atoms with Gasteiger partial charge in [0.1, 0.15) is 17.9 Å². The van der Waals surface area contributed by atoms with E-state index in [1.807, 2.05) is 0 Å². The van der Waals surface area contributed by atoms with Crippen LogP contribution < -0.4 is 15.0 Å². The summed E-state index contributed by atoms with van der Waals surface area (Å²) in [6.07, 6.45) is 3.21. The summed E-state index contributed by atoms with van der Waals surface area (Å²) in [7, 11) is 0. The number of imide groups is 2. The first-order chi connectivity index (χ1) is 16.2. The molecule has 7 nitrogen and oxygen atoms in total. The van der Waals surface area contributed by atoms with Gasteiger partial charge in [0.2, 0.25) is 0 Å². The number of ether oxygens (including phenoxy) is 1. The van der Waals surface area contributed by atoms with Crippen LogP contribution in [0.3, 0.4) is 0 Å². The number of urea groups is 1. The van der Waals surface area contributed by atoms with Gasteiger partial charge in [0, 0.05) is 28.0 Å². The van der Waals surface area contributed by atoms with E-state index in [0.29, 0.717) is 33.1 Å². The van der Waals surface area contributed by atoms with Gasteiger partial charge in [0.25, 0.3) is 11.8 Å². The zero-order valence-corrected chi connectivity index (χ0v) is 20.1. The Morgan fingerprint density at radius 1 is 1.00 bits per heavy atom. The topological polar surface area (TPSA) is 80.6 Å². The molecule has 1 fully saturated rings. The van der Waals surface area contributed by atoms with Gasteiger partial charge in [0.15, 0.2) is 0 Å². The van der Waals surface area contributed by atoms with Gasteiger partial charge in [0.05, 0.1) is 17.3 Å². The molecule has 3 aromatic rings. The summed E-state index contributed by atoms with van der Waals surface area (Å²) in [5, 5.41) is 3.54. The molecule has 1 saturated heterocycles. The third kappa shape index (κ3) is 4.97. The van der Waals surface area contributed by atoms with Crippen molar-refractivity contribution in [2.75, 3.05) is 11.5 Å². The van der Waals surface area contributed by atoms with Gasteiger partial charge in [-0.25, -0.2) is 9.69 Å². The SMILES string of the molecule is Cc1ccc(N2C(=O)NC(=O)C(=Cc3cccn3CCOc3cc(Cl)ccc3Cl)C2=O)cc1Cl. The number of rotatable bonds is 6. The Balaban J connectivity index is 1.55. The number of anilines is 1. The Hall–Kier alpha value is -3.26. The Morgan fingerprint density at radius 3 is 2.56 bits per heavy atom. The highest BCUT2D eigenvalue weighted by Crippen LogP contribution is 2.28. The molecule has 1 aliphatic heterocycles. The lowest BCUT2D eigenvalue weighted by atomic mass is 10.1. The van der Waals surface area contributed by atoms with Crippen LogP contribution in [0.5, 0.6) is 5.75 Å². The van der Waals surface area contributed by atoms with Gasteiger partial charge >= 0.3 is 6.03 Å². The molecule has 10 heteroatoms. The second-order valence-corrected chi connectivity index (χ2v) is 8.69. The Kier molecular flexibility index (Phi) is 6.97. The van der Waals surface area contributed by atoms with Gasteiger partial charge in [-0.2, -0.15) is 0 Å². The lowest BCUT2D eigenvalue weighted by molar-refractivity contribution is -0.122. The first kappa shape index (κ1) is 23.9. The van der Waals surface area contributed by atoms with Crippen molar-refractivity contribution in [3.05, 3.63) is 86.6 Å². The molecule has 0 bridgehead atoms. The van der Waals surface area contributed by atoms with Crippen LogP contribution >= 0.6 is 34.8 Å². The quantitative estimate of drug-likeness (QED) is 0.345. The summed E-state index contributed by atoms with van der Waals surface area (Å²) in [5.41, 5.74) is 1.45. The van der Waals surface area contributed by atoms with E-state index in [4.69, 9.17) is 39.5 Å². The fourth-order valence-corrected chi connectivity index (χ4v) is 3.87. The van der Waals surface area contributed by atoms with Crippen LogP contribution in [0.15, 0.2) is 60.3 Å². The maximum Gasteiger partial charge on any atom is 0.335 e. The molecular formula is C24H18Cl3N3O4. The van der Waals surface area contributed by atoms with Crippen LogP contribution in [-0.2, 0) is 16.1 Å². The highest BCUT2D eigenvalue weighted by atomic mass is 35.5. The highest BCUT2D eigenvalue weighted by molar-refractivity contribution is 6.39. The van der Waals surface area contributed by atoms with Crippen LogP contribution in [0.4, 0.5) is 10.5 Å². The normalized spacial score (nSPS) is 15.1. The molecule has 2 aromatic carbocycles. The van der Waals surface area contributed by atoms with Crippen molar-refractivity contribution in [2.45, 2.75) is 13.5 Å². The monoisotopic (exact) mass is 517 g/mol. The van der Waals surface area contributed by atoms with Crippen LogP contribution in [0.2, 0.25) is 15.1 Å². The van der Waals surface area contributed by atoms with Crippen molar-refractivity contribution in [2.24, 2.45) is 0 Å². The molecule has 4 amide bonds. The molecule has 1 aliphatic rings. The summed E-state index contributed by atoms with van der Waals surface area (Å²) in [5.74, 6) is -1.07. The minimum absolute atomic E-state index is 0.185. The van der Waals surface area contributed by atoms with Crippen LogP contribution in [0.25, 0.3) is 6.08 Å². The minimum atomic E-state index is -0.839. The molecule has 0 saturated carbocycles. The van der Waals surface area contributed by atoms with Gasteiger partial charge in [-0.05, 0) is 55.0 Å². The van der Waals surface area contributed by atoms with Gasteiger partial charge < -0.3 is 9.30 Å². The molecule has 0 aliphatic carbocycles. The fraction of sp³-hybridized carbons (Fsp3) is 0.125. The number of nitrogens with zero attached hydrogens (tertiary/aromatic N) is 2. The molecule has 1 aromatic heterocycles. The maximum atomic E-state index is 13.1. The standard InChI is InChI=1S/C24H18Cl3N3O4/c1-14-4-6-17(13-20(14)27)30-23(32)18(22(31)28-24(30)33)12-16-3-2-8-29(16)9-10-34-21-11-15(25)5-7-19(21)26/h2-8,11-13H,9-10H2,1H3,(H,28,31,33). The number of carbonyl (C=O) groups is 3. The van der Waals surface area contributed by atoms with Gasteiger partial charge in [-0.15, -0.1) is 0 Å².